The topological polar surface area (TPSA) is 54.5 Å². The second-order valence-electron chi connectivity index (χ2n) is 3.96. The minimum atomic E-state index is 0.590. The molecule has 0 unspecified atom stereocenters. The van der Waals surface area contributed by atoms with Crippen molar-refractivity contribution in [2.45, 2.75) is 27.3 Å². The van der Waals surface area contributed by atoms with Gasteiger partial charge in [0.15, 0.2) is 0 Å². The quantitative estimate of drug-likeness (QED) is 0.795. The average Bonchev–Trinajstić information content (AvgIpc) is 2.94. The van der Waals surface area contributed by atoms with Gasteiger partial charge >= 0.3 is 0 Å². The van der Waals surface area contributed by atoms with Gasteiger partial charge in [-0.15, -0.1) is 11.3 Å². The summed E-state index contributed by atoms with van der Waals surface area (Å²) in [6.07, 6.45) is 5.51. The van der Waals surface area contributed by atoms with E-state index < -0.39 is 0 Å². The van der Waals surface area contributed by atoms with E-state index in [1.54, 1.807) is 17.5 Å². The molecule has 2 rings (SSSR count). The molecule has 5 heteroatoms. The smallest absolute Gasteiger partial charge is 0.134 e. The highest BCUT2D eigenvalue weighted by Gasteiger charge is 2.09. The Kier molecular flexibility index (Phi) is 3.58. The molecule has 0 bridgehead atoms. The van der Waals surface area contributed by atoms with Crippen molar-refractivity contribution in [3.8, 4) is 6.07 Å². The molecule has 0 aliphatic heterocycles. The van der Waals surface area contributed by atoms with Gasteiger partial charge in [0.25, 0.3) is 0 Å². The fourth-order valence-corrected chi connectivity index (χ4v) is 2.40. The number of aryl methyl sites for hydroxylation is 3. The summed E-state index contributed by atoms with van der Waals surface area (Å²) in [7, 11) is 0. The lowest BCUT2D eigenvalue weighted by molar-refractivity contribution is 0.660. The van der Waals surface area contributed by atoms with E-state index in [0.29, 0.717) is 5.57 Å². The third-order valence-electron chi connectivity index (χ3n) is 2.67. The maximum absolute atomic E-state index is 9.23. The van der Waals surface area contributed by atoms with Crippen LogP contribution < -0.4 is 0 Å². The Morgan fingerprint density at radius 1 is 1.56 bits per heavy atom. The number of nitriles is 1. The number of aromatic nitrogens is 3. The van der Waals surface area contributed by atoms with Crippen LogP contribution in [0.1, 0.15) is 28.1 Å². The van der Waals surface area contributed by atoms with Crippen LogP contribution in [0.25, 0.3) is 11.6 Å². The van der Waals surface area contributed by atoms with Crippen LogP contribution in [0.5, 0.6) is 0 Å². The average molecular weight is 258 g/mol. The van der Waals surface area contributed by atoms with Crippen LogP contribution in [0.3, 0.4) is 0 Å². The monoisotopic (exact) mass is 258 g/mol. The summed E-state index contributed by atoms with van der Waals surface area (Å²) in [6, 6.07) is 2.21. The van der Waals surface area contributed by atoms with E-state index in [9.17, 15) is 5.26 Å². The zero-order chi connectivity index (χ0) is 13.1. The van der Waals surface area contributed by atoms with Gasteiger partial charge in [0.1, 0.15) is 11.1 Å². The first-order chi connectivity index (χ1) is 8.63. The van der Waals surface area contributed by atoms with Crippen LogP contribution >= 0.6 is 11.3 Å². The summed E-state index contributed by atoms with van der Waals surface area (Å²) < 4.78 is 1.83. The van der Waals surface area contributed by atoms with Gasteiger partial charge in [-0.3, -0.25) is 4.68 Å². The van der Waals surface area contributed by atoms with Gasteiger partial charge in [0.05, 0.1) is 17.5 Å². The standard InChI is InChI=1S/C13H14N4S/c1-4-17-8-11(7-15-17)5-12(6-14)13-16-9(2)10(3)18-13/h5,7-8H,4H2,1-3H3. The number of hydrogen-bond acceptors (Lipinski definition) is 4. The molecule has 0 aromatic carbocycles. The van der Waals surface area contributed by atoms with Crippen LogP contribution in [0.4, 0.5) is 0 Å². The molecule has 0 saturated heterocycles. The van der Waals surface area contributed by atoms with Gasteiger partial charge < -0.3 is 0 Å². The first-order valence-corrected chi connectivity index (χ1v) is 6.54. The van der Waals surface area contributed by atoms with Gasteiger partial charge in [0.2, 0.25) is 0 Å². The van der Waals surface area contributed by atoms with Crippen molar-refractivity contribution in [2.75, 3.05) is 0 Å². The lowest BCUT2D eigenvalue weighted by atomic mass is 10.2. The van der Waals surface area contributed by atoms with Gasteiger partial charge in [0, 0.05) is 23.2 Å². The van der Waals surface area contributed by atoms with Crippen LogP contribution in [-0.2, 0) is 6.54 Å². The Morgan fingerprint density at radius 2 is 2.33 bits per heavy atom. The molecule has 0 fully saturated rings. The SMILES string of the molecule is CCn1cc(C=C(C#N)c2nc(C)c(C)s2)cn1. The van der Waals surface area contributed by atoms with E-state index in [1.165, 1.54) is 0 Å². The maximum atomic E-state index is 9.23. The molecule has 0 saturated carbocycles. The highest BCUT2D eigenvalue weighted by Crippen LogP contribution is 2.24. The zero-order valence-corrected chi connectivity index (χ0v) is 11.5. The molecular formula is C13H14N4S. The fourth-order valence-electron chi connectivity index (χ4n) is 1.52. The number of nitrogens with zero attached hydrogens (tertiary/aromatic N) is 4. The van der Waals surface area contributed by atoms with Crippen molar-refractivity contribution >= 4 is 23.0 Å². The largest absolute Gasteiger partial charge is 0.272 e. The summed E-state index contributed by atoms with van der Waals surface area (Å²) >= 11 is 1.55. The van der Waals surface area contributed by atoms with Gasteiger partial charge in [-0.05, 0) is 26.8 Å². The Morgan fingerprint density at radius 3 is 2.83 bits per heavy atom. The van der Waals surface area contributed by atoms with E-state index in [4.69, 9.17) is 0 Å². The molecule has 0 atom stereocenters. The van der Waals surface area contributed by atoms with E-state index >= 15 is 0 Å². The predicted molar refractivity (Wildman–Crippen MR) is 73.0 cm³/mol. The molecule has 18 heavy (non-hydrogen) atoms. The second kappa shape index (κ2) is 5.15. The molecule has 92 valence electrons. The van der Waals surface area contributed by atoms with Gasteiger partial charge in [-0.1, -0.05) is 0 Å². The Labute approximate surface area is 110 Å². The molecule has 0 amide bonds. The summed E-state index contributed by atoms with van der Waals surface area (Å²) in [5.41, 5.74) is 2.51. The summed E-state index contributed by atoms with van der Waals surface area (Å²) in [4.78, 5) is 5.55. The van der Waals surface area contributed by atoms with Crippen LogP contribution in [-0.4, -0.2) is 14.8 Å². The van der Waals surface area contributed by atoms with Crippen molar-refractivity contribution in [1.82, 2.24) is 14.8 Å². The fraction of sp³-hybridized carbons (Fsp3) is 0.308. The minimum absolute atomic E-state index is 0.590. The van der Waals surface area contributed by atoms with Crippen molar-refractivity contribution in [1.29, 1.82) is 5.26 Å². The molecule has 2 aromatic rings. The first kappa shape index (κ1) is 12.5. The molecule has 0 radical (unpaired) electrons. The van der Waals surface area contributed by atoms with E-state index in [2.05, 4.69) is 16.2 Å². The first-order valence-electron chi connectivity index (χ1n) is 5.72. The summed E-state index contributed by atoms with van der Waals surface area (Å²) in [5.74, 6) is 0. The minimum Gasteiger partial charge on any atom is -0.272 e. The van der Waals surface area contributed by atoms with Crippen LogP contribution in [0, 0.1) is 25.2 Å². The maximum Gasteiger partial charge on any atom is 0.134 e. The molecule has 0 spiro atoms. The predicted octanol–water partition coefficient (Wildman–Crippen LogP) is 3.04. The summed E-state index contributed by atoms with van der Waals surface area (Å²) in [5, 5.41) is 14.2. The lowest BCUT2D eigenvalue weighted by Crippen LogP contribution is -1.91. The molecule has 0 aliphatic rings. The Hall–Kier alpha value is -1.93. The highest BCUT2D eigenvalue weighted by atomic mass is 32.1. The number of rotatable bonds is 3. The molecule has 2 heterocycles. The van der Waals surface area contributed by atoms with Crippen molar-refractivity contribution < 1.29 is 0 Å². The Balaban J connectivity index is 2.36. The molecular weight excluding hydrogens is 244 g/mol. The normalized spacial score (nSPS) is 11.6. The molecule has 4 nitrogen and oxygen atoms in total. The molecule has 0 aliphatic carbocycles. The van der Waals surface area contributed by atoms with Crippen LogP contribution in [0.15, 0.2) is 12.4 Å². The van der Waals surface area contributed by atoms with Crippen molar-refractivity contribution in [3.63, 3.8) is 0 Å². The van der Waals surface area contributed by atoms with Gasteiger partial charge in [-0.2, -0.15) is 10.4 Å². The van der Waals surface area contributed by atoms with E-state index in [0.717, 1.165) is 27.7 Å². The zero-order valence-electron chi connectivity index (χ0n) is 10.6. The number of hydrogen-bond donors (Lipinski definition) is 0. The lowest BCUT2D eigenvalue weighted by Gasteiger charge is -1.92. The molecule has 2 aromatic heterocycles. The third kappa shape index (κ3) is 2.49. The van der Waals surface area contributed by atoms with E-state index in [1.807, 2.05) is 37.7 Å². The second-order valence-corrected chi connectivity index (χ2v) is 5.16. The number of thiazole rings is 1. The highest BCUT2D eigenvalue weighted by molar-refractivity contribution is 7.12. The van der Waals surface area contributed by atoms with Crippen LogP contribution in [0.2, 0.25) is 0 Å². The Bertz CT molecular complexity index is 608. The van der Waals surface area contributed by atoms with Crippen molar-refractivity contribution in [2.24, 2.45) is 0 Å². The van der Waals surface area contributed by atoms with Gasteiger partial charge in [-0.25, -0.2) is 4.98 Å². The number of allylic oxidation sites excluding steroid dienone is 1. The van der Waals surface area contributed by atoms with E-state index in [-0.39, 0.29) is 0 Å². The third-order valence-corrected chi connectivity index (χ3v) is 3.77. The van der Waals surface area contributed by atoms with Crippen molar-refractivity contribution in [3.05, 3.63) is 33.5 Å². The molecule has 0 N–H and O–H groups in total. The summed E-state index contributed by atoms with van der Waals surface area (Å²) in [6.45, 7) is 6.82.